The van der Waals surface area contributed by atoms with E-state index >= 15 is 0 Å². The highest BCUT2D eigenvalue weighted by molar-refractivity contribution is 5.29. The molecule has 20 heavy (non-hydrogen) atoms. The highest BCUT2D eigenvalue weighted by atomic mass is 16.3. The summed E-state index contributed by atoms with van der Waals surface area (Å²) in [6.07, 6.45) is 1.11. The number of benzene rings is 1. The standard InChI is InChI=1S/C18H25NO/c1-5-13-19-17(16-12-11-14(2)20-16)18(3,4)15-9-7-6-8-10-15/h6-12,17,19H,5,13H2,1-4H3. The topological polar surface area (TPSA) is 25.2 Å². The van der Waals surface area contributed by atoms with Gasteiger partial charge in [0.25, 0.3) is 0 Å². The molecule has 1 N–H and O–H groups in total. The Hall–Kier alpha value is -1.54. The lowest BCUT2D eigenvalue weighted by Crippen LogP contribution is -2.37. The monoisotopic (exact) mass is 271 g/mol. The highest BCUT2D eigenvalue weighted by Gasteiger charge is 2.34. The summed E-state index contributed by atoms with van der Waals surface area (Å²) in [7, 11) is 0. The smallest absolute Gasteiger partial charge is 0.121 e. The molecule has 0 fully saturated rings. The molecule has 0 aliphatic rings. The molecule has 0 aliphatic carbocycles. The van der Waals surface area contributed by atoms with Crippen LogP contribution >= 0.6 is 0 Å². The Labute approximate surface area is 122 Å². The SMILES string of the molecule is CCCNC(c1ccc(C)o1)C(C)(C)c1ccccc1. The van der Waals surface area contributed by atoms with Crippen LogP contribution in [0, 0.1) is 6.92 Å². The molecule has 0 saturated carbocycles. The number of furan rings is 1. The van der Waals surface area contributed by atoms with Gasteiger partial charge in [0.15, 0.2) is 0 Å². The number of hydrogen-bond acceptors (Lipinski definition) is 2. The molecule has 0 saturated heterocycles. The molecule has 1 aromatic heterocycles. The summed E-state index contributed by atoms with van der Waals surface area (Å²) in [5.41, 5.74) is 1.29. The van der Waals surface area contributed by atoms with E-state index in [9.17, 15) is 0 Å². The third-order valence-electron chi connectivity index (χ3n) is 3.88. The van der Waals surface area contributed by atoms with Gasteiger partial charge in [0.05, 0.1) is 6.04 Å². The van der Waals surface area contributed by atoms with Crippen molar-refractivity contribution < 1.29 is 4.42 Å². The lowest BCUT2D eigenvalue weighted by molar-refractivity contribution is 0.293. The second kappa shape index (κ2) is 6.27. The normalized spacial score (nSPS) is 13.4. The summed E-state index contributed by atoms with van der Waals surface area (Å²) < 4.78 is 5.89. The molecule has 0 aliphatic heterocycles. The Kier molecular flexibility index (Phi) is 4.66. The van der Waals surface area contributed by atoms with Gasteiger partial charge in [0.1, 0.15) is 11.5 Å². The van der Waals surface area contributed by atoms with Crippen molar-refractivity contribution in [3.8, 4) is 0 Å². The van der Waals surface area contributed by atoms with Crippen molar-refractivity contribution >= 4 is 0 Å². The van der Waals surface area contributed by atoms with Crippen molar-refractivity contribution in [2.24, 2.45) is 0 Å². The summed E-state index contributed by atoms with van der Waals surface area (Å²) >= 11 is 0. The quantitative estimate of drug-likeness (QED) is 0.830. The summed E-state index contributed by atoms with van der Waals surface area (Å²) in [6.45, 7) is 9.71. The van der Waals surface area contributed by atoms with Crippen LogP contribution in [0.1, 0.15) is 50.3 Å². The Morgan fingerprint density at radius 1 is 1.10 bits per heavy atom. The second-order valence-electron chi connectivity index (χ2n) is 5.92. The molecule has 0 spiro atoms. The maximum Gasteiger partial charge on any atom is 0.121 e. The van der Waals surface area contributed by atoms with Gasteiger partial charge in [-0.1, -0.05) is 51.1 Å². The first-order valence-electron chi connectivity index (χ1n) is 7.41. The Bertz CT molecular complexity index is 527. The lowest BCUT2D eigenvalue weighted by Gasteiger charge is -2.34. The van der Waals surface area contributed by atoms with Crippen LogP contribution in [0.5, 0.6) is 0 Å². The van der Waals surface area contributed by atoms with E-state index in [2.05, 4.69) is 62.5 Å². The minimum absolute atomic E-state index is 0.0271. The van der Waals surface area contributed by atoms with Gasteiger partial charge in [0, 0.05) is 5.41 Å². The number of rotatable bonds is 6. The molecular weight excluding hydrogens is 246 g/mol. The summed E-state index contributed by atoms with van der Waals surface area (Å²) in [4.78, 5) is 0. The fourth-order valence-electron chi connectivity index (χ4n) is 2.64. The fraction of sp³-hybridized carbons (Fsp3) is 0.444. The first-order chi connectivity index (χ1) is 9.55. The van der Waals surface area contributed by atoms with Gasteiger partial charge in [-0.15, -0.1) is 0 Å². The molecular formula is C18H25NO. The van der Waals surface area contributed by atoms with Crippen LogP contribution in [0.3, 0.4) is 0 Å². The maximum absolute atomic E-state index is 5.89. The van der Waals surface area contributed by atoms with Gasteiger partial charge in [-0.2, -0.15) is 0 Å². The molecule has 2 heteroatoms. The van der Waals surface area contributed by atoms with Crippen molar-refractivity contribution in [2.75, 3.05) is 6.54 Å². The van der Waals surface area contributed by atoms with E-state index in [1.165, 1.54) is 5.56 Å². The van der Waals surface area contributed by atoms with Crippen molar-refractivity contribution in [1.82, 2.24) is 5.32 Å². The van der Waals surface area contributed by atoms with Crippen molar-refractivity contribution in [3.05, 3.63) is 59.5 Å². The van der Waals surface area contributed by atoms with E-state index in [0.717, 1.165) is 24.5 Å². The van der Waals surface area contributed by atoms with E-state index in [1.54, 1.807) is 0 Å². The number of hydrogen-bond donors (Lipinski definition) is 1. The zero-order valence-corrected chi connectivity index (χ0v) is 12.9. The van der Waals surface area contributed by atoms with Gasteiger partial charge in [0.2, 0.25) is 0 Å². The third kappa shape index (κ3) is 3.13. The molecule has 108 valence electrons. The van der Waals surface area contributed by atoms with Crippen LogP contribution in [0.2, 0.25) is 0 Å². The molecule has 2 nitrogen and oxygen atoms in total. The highest BCUT2D eigenvalue weighted by Crippen LogP contribution is 2.37. The van der Waals surface area contributed by atoms with Crippen molar-refractivity contribution in [2.45, 2.75) is 45.6 Å². The molecule has 1 heterocycles. The summed E-state index contributed by atoms with van der Waals surface area (Å²) in [5, 5.41) is 3.64. The first-order valence-corrected chi connectivity index (χ1v) is 7.41. The van der Waals surface area contributed by atoms with E-state index in [1.807, 2.05) is 13.0 Å². The predicted molar refractivity (Wildman–Crippen MR) is 83.9 cm³/mol. The largest absolute Gasteiger partial charge is 0.465 e. The van der Waals surface area contributed by atoms with Crippen molar-refractivity contribution in [3.63, 3.8) is 0 Å². The molecule has 1 unspecified atom stereocenters. The Morgan fingerprint density at radius 2 is 1.80 bits per heavy atom. The van der Waals surface area contributed by atoms with Gasteiger partial charge >= 0.3 is 0 Å². The fourth-order valence-corrected chi connectivity index (χ4v) is 2.64. The van der Waals surface area contributed by atoms with Crippen LogP contribution in [0.15, 0.2) is 46.9 Å². The van der Waals surface area contributed by atoms with Crippen LogP contribution in [0.25, 0.3) is 0 Å². The second-order valence-corrected chi connectivity index (χ2v) is 5.92. The van der Waals surface area contributed by atoms with Crippen molar-refractivity contribution in [1.29, 1.82) is 0 Å². The molecule has 2 aromatic rings. The predicted octanol–water partition coefficient (Wildman–Crippen LogP) is 4.61. The summed E-state index contributed by atoms with van der Waals surface area (Å²) in [5.74, 6) is 1.98. The zero-order valence-electron chi connectivity index (χ0n) is 12.9. The Balaban J connectivity index is 2.35. The molecule has 2 rings (SSSR count). The lowest BCUT2D eigenvalue weighted by atomic mass is 9.76. The van der Waals surface area contributed by atoms with E-state index in [0.29, 0.717) is 0 Å². The van der Waals surface area contributed by atoms with Crippen LogP contribution < -0.4 is 5.32 Å². The minimum atomic E-state index is -0.0271. The van der Waals surface area contributed by atoms with Crippen LogP contribution in [-0.4, -0.2) is 6.54 Å². The van der Waals surface area contributed by atoms with Gasteiger partial charge in [-0.25, -0.2) is 0 Å². The van der Waals surface area contributed by atoms with Crippen LogP contribution in [-0.2, 0) is 5.41 Å². The van der Waals surface area contributed by atoms with Crippen LogP contribution in [0.4, 0.5) is 0 Å². The zero-order chi connectivity index (χ0) is 14.6. The summed E-state index contributed by atoms with van der Waals surface area (Å²) in [6, 6.07) is 14.9. The Morgan fingerprint density at radius 3 is 2.35 bits per heavy atom. The first kappa shape index (κ1) is 14.9. The average molecular weight is 271 g/mol. The molecule has 0 radical (unpaired) electrons. The van der Waals surface area contributed by atoms with Gasteiger partial charge in [-0.3, -0.25) is 0 Å². The molecule has 1 aromatic carbocycles. The number of aryl methyl sites for hydroxylation is 1. The third-order valence-corrected chi connectivity index (χ3v) is 3.88. The maximum atomic E-state index is 5.89. The van der Waals surface area contributed by atoms with Gasteiger partial charge < -0.3 is 9.73 Å². The minimum Gasteiger partial charge on any atom is -0.465 e. The molecule has 0 amide bonds. The van der Waals surface area contributed by atoms with Gasteiger partial charge in [-0.05, 0) is 37.6 Å². The van der Waals surface area contributed by atoms with E-state index in [-0.39, 0.29) is 11.5 Å². The molecule has 1 atom stereocenters. The number of nitrogens with one attached hydrogen (secondary N) is 1. The average Bonchev–Trinajstić information content (AvgIpc) is 2.86. The molecule has 0 bridgehead atoms. The van der Waals surface area contributed by atoms with E-state index < -0.39 is 0 Å². The van der Waals surface area contributed by atoms with E-state index in [4.69, 9.17) is 4.42 Å².